The molecule has 21 heavy (non-hydrogen) atoms. The molecule has 1 atom stereocenters. The second-order valence-corrected chi connectivity index (χ2v) is 7.05. The van der Waals surface area contributed by atoms with Crippen LogP contribution in [-0.2, 0) is 31.9 Å². The lowest BCUT2D eigenvalue weighted by Crippen LogP contribution is -2.45. The van der Waals surface area contributed by atoms with Gasteiger partial charge in [-0.1, -0.05) is 24.3 Å². The molecule has 1 aliphatic heterocycles. The first-order chi connectivity index (χ1) is 9.99. The number of hydrogen-bond acceptors (Lipinski definition) is 5. The molecule has 0 saturated carbocycles. The summed E-state index contributed by atoms with van der Waals surface area (Å²) in [6, 6.07) is 6.84. The summed E-state index contributed by atoms with van der Waals surface area (Å²) in [4.78, 5) is 0. The molecule has 0 bridgehead atoms. The average Bonchev–Trinajstić information content (AvgIpc) is 2.95. The number of rotatable bonds is 7. The van der Waals surface area contributed by atoms with E-state index < -0.39 is 15.6 Å². The molecule has 0 aromatic heterocycles. The van der Waals surface area contributed by atoms with Gasteiger partial charge in [0.2, 0.25) is 10.0 Å². The maximum absolute atomic E-state index is 12.1. The van der Waals surface area contributed by atoms with Crippen molar-refractivity contribution < 1.29 is 23.0 Å². The second-order valence-electron chi connectivity index (χ2n) is 5.24. The first-order valence-electron chi connectivity index (χ1n) is 6.77. The third-order valence-corrected chi connectivity index (χ3v) is 4.97. The van der Waals surface area contributed by atoms with E-state index in [9.17, 15) is 8.42 Å². The van der Waals surface area contributed by atoms with Crippen LogP contribution >= 0.6 is 0 Å². The van der Waals surface area contributed by atoms with E-state index in [4.69, 9.17) is 14.6 Å². The minimum Gasteiger partial charge on any atom is -0.392 e. The number of aliphatic hydroxyl groups is 1. The van der Waals surface area contributed by atoms with Crippen LogP contribution in [0.5, 0.6) is 0 Å². The fourth-order valence-corrected chi connectivity index (χ4v) is 3.43. The molecule has 1 fully saturated rings. The van der Waals surface area contributed by atoms with Crippen molar-refractivity contribution in [3.63, 3.8) is 0 Å². The maximum Gasteiger partial charge on any atom is 0.215 e. The van der Waals surface area contributed by atoms with Crippen LogP contribution < -0.4 is 4.72 Å². The quantitative estimate of drug-likeness (QED) is 0.761. The summed E-state index contributed by atoms with van der Waals surface area (Å²) in [6.45, 7) is 1.14. The lowest BCUT2D eigenvalue weighted by Gasteiger charge is -2.25. The van der Waals surface area contributed by atoms with Crippen LogP contribution in [0, 0.1) is 0 Å². The molecule has 0 spiro atoms. The number of hydrogen-bond donors (Lipinski definition) is 2. The zero-order valence-corrected chi connectivity index (χ0v) is 12.9. The lowest BCUT2D eigenvalue weighted by atomic mass is 10.0. The number of ether oxygens (including phenoxy) is 2. The Bertz CT molecular complexity index is 549. The van der Waals surface area contributed by atoms with Crippen LogP contribution in [0.25, 0.3) is 0 Å². The van der Waals surface area contributed by atoms with E-state index in [0.29, 0.717) is 25.2 Å². The Balaban J connectivity index is 1.94. The Morgan fingerprint density at radius 2 is 2.00 bits per heavy atom. The van der Waals surface area contributed by atoms with Gasteiger partial charge in [-0.3, -0.25) is 0 Å². The summed E-state index contributed by atoms with van der Waals surface area (Å²) >= 11 is 0. The molecule has 1 saturated heterocycles. The molecule has 1 heterocycles. The Hall–Kier alpha value is -0.990. The van der Waals surface area contributed by atoms with Gasteiger partial charge in [0.1, 0.15) is 5.60 Å². The molecule has 1 unspecified atom stereocenters. The van der Waals surface area contributed by atoms with E-state index >= 15 is 0 Å². The van der Waals surface area contributed by atoms with Crippen molar-refractivity contribution in [2.75, 3.05) is 26.9 Å². The highest BCUT2D eigenvalue weighted by molar-refractivity contribution is 7.88. The molecule has 6 nitrogen and oxygen atoms in total. The highest BCUT2D eigenvalue weighted by Gasteiger charge is 2.35. The molecule has 1 aliphatic rings. The van der Waals surface area contributed by atoms with Gasteiger partial charge in [0.15, 0.2) is 0 Å². The monoisotopic (exact) mass is 315 g/mol. The van der Waals surface area contributed by atoms with Crippen molar-refractivity contribution in [1.82, 2.24) is 4.72 Å². The second kappa shape index (κ2) is 6.85. The van der Waals surface area contributed by atoms with Gasteiger partial charge in [-0.2, -0.15) is 0 Å². The van der Waals surface area contributed by atoms with Gasteiger partial charge in [0.05, 0.1) is 19.0 Å². The van der Waals surface area contributed by atoms with Gasteiger partial charge in [-0.25, -0.2) is 13.1 Å². The van der Waals surface area contributed by atoms with Crippen molar-refractivity contribution in [1.29, 1.82) is 0 Å². The Kier molecular flexibility index (Phi) is 5.34. The minimum atomic E-state index is -3.44. The summed E-state index contributed by atoms with van der Waals surface area (Å²) < 4.78 is 37.5. The number of sulfonamides is 1. The van der Waals surface area contributed by atoms with Gasteiger partial charge in [-0.05, 0) is 11.1 Å². The molecular weight excluding hydrogens is 294 g/mol. The van der Waals surface area contributed by atoms with E-state index in [1.165, 1.54) is 0 Å². The first-order valence-corrected chi connectivity index (χ1v) is 8.43. The van der Waals surface area contributed by atoms with Crippen molar-refractivity contribution in [2.45, 2.75) is 24.4 Å². The summed E-state index contributed by atoms with van der Waals surface area (Å²) in [5.74, 6) is -0.0979. The number of aliphatic hydroxyl groups excluding tert-OH is 1. The Labute approximate surface area is 125 Å². The summed E-state index contributed by atoms with van der Waals surface area (Å²) in [5.41, 5.74) is 0.868. The molecule has 1 aromatic carbocycles. The van der Waals surface area contributed by atoms with Crippen LogP contribution in [0.4, 0.5) is 0 Å². The summed E-state index contributed by atoms with van der Waals surface area (Å²) in [5, 5.41) is 8.97. The molecule has 0 radical (unpaired) electrons. The number of benzene rings is 1. The van der Waals surface area contributed by atoms with Crippen LogP contribution in [-0.4, -0.2) is 46.0 Å². The number of methoxy groups -OCH3 is 1. The van der Waals surface area contributed by atoms with E-state index in [1.807, 2.05) is 0 Å². The lowest BCUT2D eigenvalue weighted by molar-refractivity contribution is -0.0120. The van der Waals surface area contributed by atoms with E-state index in [0.717, 1.165) is 5.56 Å². The van der Waals surface area contributed by atoms with Gasteiger partial charge in [0, 0.05) is 26.7 Å². The summed E-state index contributed by atoms with van der Waals surface area (Å²) in [7, 11) is -1.87. The van der Waals surface area contributed by atoms with Crippen LogP contribution in [0.1, 0.15) is 17.5 Å². The molecule has 2 N–H and O–H groups in total. The minimum absolute atomic E-state index is 0.0539. The maximum atomic E-state index is 12.1. The SMILES string of the molecule is COC1(CNS(=O)(=O)Cc2ccc(CO)cc2)CCOC1. The third kappa shape index (κ3) is 4.49. The molecule has 1 aromatic rings. The molecular formula is C14H21NO5S. The van der Waals surface area contributed by atoms with E-state index in [-0.39, 0.29) is 18.9 Å². The third-order valence-electron chi connectivity index (χ3n) is 3.68. The zero-order chi connectivity index (χ0) is 15.3. The average molecular weight is 315 g/mol. The predicted octanol–water partition coefficient (Wildman–Crippen LogP) is 0.404. The highest BCUT2D eigenvalue weighted by Crippen LogP contribution is 2.22. The fourth-order valence-electron chi connectivity index (χ4n) is 2.21. The normalized spacial score (nSPS) is 22.6. The van der Waals surface area contributed by atoms with Crippen molar-refractivity contribution in [2.24, 2.45) is 0 Å². The van der Waals surface area contributed by atoms with Gasteiger partial charge in [0.25, 0.3) is 0 Å². The predicted molar refractivity (Wildman–Crippen MR) is 78.2 cm³/mol. The molecule has 0 aliphatic carbocycles. The fraction of sp³-hybridized carbons (Fsp3) is 0.571. The Morgan fingerprint density at radius 1 is 1.33 bits per heavy atom. The first kappa shape index (κ1) is 16.4. The smallest absolute Gasteiger partial charge is 0.215 e. The van der Waals surface area contributed by atoms with Gasteiger partial charge < -0.3 is 14.6 Å². The molecule has 7 heteroatoms. The van der Waals surface area contributed by atoms with Gasteiger partial charge in [-0.15, -0.1) is 0 Å². The molecule has 2 rings (SSSR count). The van der Waals surface area contributed by atoms with E-state index in [2.05, 4.69) is 4.72 Å². The number of nitrogens with one attached hydrogen (secondary N) is 1. The molecule has 118 valence electrons. The largest absolute Gasteiger partial charge is 0.392 e. The summed E-state index contributed by atoms with van der Waals surface area (Å²) in [6.07, 6.45) is 0.678. The van der Waals surface area contributed by atoms with Gasteiger partial charge >= 0.3 is 0 Å². The highest BCUT2D eigenvalue weighted by atomic mass is 32.2. The van der Waals surface area contributed by atoms with Crippen molar-refractivity contribution in [3.05, 3.63) is 35.4 Å². The standard InChI is InChI=1S/C14H21NO5S/c1-19-14(6-7-20-11-14)10-15-21(17,18)9-13-4-2-12(8-16)3-5-13/h2-5,15-16H,6-11H2,1H3. The zero-order valence-electron chi connectivity index (χ0n) is 12.0. The molecule has 0 amide bonds. The van der Waals surface area contributed by atoms with Crippen molar-refractivity contribution >= 4 is 10.0 Å². The van der Waals surface area contributed by atoms with E-state index in [1.54, 1.807) is 31.4 Å². The van der Waals surface area contributed by atoms with Crippen LogP contribution in [0.15, 0.2) is 24.3 Å². The van der Waals surface area contributed by atoms with Crippen molar-refractivity contribution in [3.8, 4) is 0 Å². The Morgan fingerprint density at radius 3 is 2.52 bits per heavy atom. The topological polar surface area (TPSA) is 84.9 Å². The van der Waals surface area contributed by atoms with Crippen LogP contribution in [0.3, 0.4) is 0 Å². The van der Waals surface area contributed by atoms with Crippen LogP contribution in [0.2, 0.25) is 0 Å².